The third-order valence-electron chi connectivity index (χ3n) is 5.44. The van der Waals surface area contributed by atoms with Crippen molar-refractivity contribution >= 4 is 19.9 Å². The second-order valence-electron chi connectivity index (χ2n) is 7.51. The van der Waals surface area contributed by atoms with E-state index in [-0.39, 0.29) is 15.7 Å². The zero-order valence-electron chi connectivity index (χ0n) is 16.5. The molecule has 2 aromatic carbocycles. The van der Waals surface area contributed by atoms with Gasteiger partial charge in [0.2, 0.25) is 10.0 Å². The van der Waals surface area contributed by atoms with Crippen molar-refractivity contribution in [3.63, 3.8) is 0 Å². The van der Waals surface area contributed by atoms with Crippen LogP contribution in [0.4, 0.5) is 0 Å². The van der Waals surface area contributed by atoms with E-state index in [9.17, 15) is 16.8 Å². The van der Waals surface area contributed by atoms with Gasteiger partial charge in [-0.3, -0.25) is 5.10 Å². The predicted octanol–water partition coefficient (Wildman–Crippen LogP) is 3.05. The molecule has 2 heterocycles. The Hall–Kier alpha value is -2.49. The molecule has 0 radical (unpaired) electrons. The fourth-order valence-electron chi connectivity index (χ4n) is 3.86. The molecule has 1 atom stereocenters. The van der Waals surface area contributed by atoms with Gasteiger partial charge in [0.25, 0.3) is 0 Å². The van der Waals surface area contributed by atoms with Gasteiger partial charge in [-0.2, -0.15) is 9.40 Å². The molecule has 0 saturated carbocycles. The molecular formula is C21H23N3O4S2. The molecule has 4 rings (SSSR count). The lowest BCUT2D eigenvalue weighted by molar-refractivity contribution is 0.313. The number of nitrogens with zero attached hydrogens (tertiary/aromatic N) is 2. The highest BCUT2D eigenvalue weighted by Crippen LogP contribution is 2.34. The largest absolute Gasteiger partial charge is 0.282 e. The number of aromatic nitrogens is 2. The lowest BCUT2D eigenvalue weighted by Gasteiger charge is -2.32. The van der Waals surface area contributed by atoms with Crippen molar-refractivity contribution < 1.29 is 16.8 Å². The van der Waals surface area contributed by atoms with Crippen LogP contribution >= 0.6 is 0 Å². The summed E-state index contributed by atoms with van der Waals surface area (Å²) in [6, 6.07) is 15.3. The molecule has 0 bridgehead atoms. The number of benzene rings is 2. The Bertz CT molecular complexity index is 1230. The quantitative estimate of drug-likeness (QED) is 0.651. The molecule has 1 aliphatic rings. The molecule has 9 heteroatoms. The van der Waals surface area contributed by atoms with Gasteiger partial charge in [0.1, 0.15) is 0 Å². The van der Waals surface area contributed by atoms with Crippen LogP contribution in [0.3, 0.4) is 0 Å². The molecule has 1 fully saturated rings. The van der Waals surface area contributed by atoms with E-state index in [4.69, 9.17) is 0 Å². The van der Waals surface area contributed by atoms with Crippen molar-refractivity contribution in [2.45, 2.75) is 28.6 Å². The number of piperidine rings is 1. The van der Waals surface area contributed by atoms with Gasteiger partial charge >= 0.3 is 0 Å². The van der Waals surface area contributed by atoms with Crippen LogP contribution in [0.1, 0.15) is 24.5 Å². The second kappa shape index (κ2) is 7.98. The highest BCUT2D eigenvalue weighted by atomic mass is 32.2. The number of aromatic amines is 1. The van der Waals surface area contributed by atoms with Gasteiger partial charge in [0.05, 0.1) is 16.0 Å². The smallest absolute Gasteiger partial charge is 0.243 e. The van der Waals surface area contributed by atoms with Gasteiger partial charge in [-0.25, -0.2) is 16.8 Å². The Morgan fingerprint density at radius 2 is 1.63 bits per heavy atom. The Balaban J connectivity index is 1.60. The number of sulfone groups is 1. The van der Waals surface area contributed by atoms with E-state index >= 15 is 0 Å². The third kappa shape index (κ3) is 4.05. The first-order valence-electron chi connectivity index (χ1n) is 9.66. The maximum atomic E-state index is 13.2. The Kier molecular flexibility index (Phi) is 5.52. The lowest BCUT2D eigenvalue weighted by atomic mass is 9.91. The summed E-state index contributed by atoms with van der Waals surface area (Å²) in [5.74, 6) is 0.00141. The van der Waals surface area contributed by atoms with Crippen LogP contribution in [0.25, 0.3) is 11.1 Å². The monoisotopic (exact) mass is 445 g/mol. The van der Waals surface area contributed by atoms with E-state index in [0.717, 1.165) is 35.9 Å². The molecule has 1 N–H and O–H groups in total. The van der Waals surface area contributed by atoms with Gasteiger partial charge in [0, 0.05) is 36.5 Å². The molecule has 0 aliphatic carbocycles. The number of nitrogens with one attached hydrogen (secondary N) is 1. The van der Waals surface area contributed by atoms with Crippen molar-refractivity contribution in [2.75, 3.05) is 19.3 Å². The van der Waals surface area contributed by atoms with Crippen LogP contribution in [-0.2, 0) is 19.9 Å². The maximum absolute atomic E-state index is 13.2. The maximum Gasteiger partial charge on any atom is 0.243 e. The zero-order valence-corrected chi connectivity index (χ0v) is 18.2. The third-order valence-corrected chi connectivity index (χ3v) is 8.44. The number of H-pyrrole nitrogens is 1. The van der Waals surface area contributed by atoms with Gasteiger partial charge < -0.3 is 0 Å². The van der Waals surface area contributed by atoms with Crippen LogP contribution in [0.2, 0.25) is 0 Å². The molecule has 3 aromatic rings. The fourth-order valence-corrected chi connectivity index (χ4v) is 6.01. The normalized spacial score (nSPS) is 18.4. The molecule has 1 aliphatic heterocycles. The molecule has 0 spiro atoms. The first-order valence-corrected chi connectivity index (χ1v) is 13.0. The summed E-state index contributed by atoms with van der Waals surface area (Å²) in [4.78, 5) is 0.200. The molecule has 1 aromatic heterocycles. The van der Waals surface area contributed by atoms with Crippen LogP contribution in [0.15, 0.2) is 70.6 Å². The van der Waals surface area contributed by atoms with Gasteiger partial charge in [0.15, 0.2) is 9.84 Å². The molecular weight excluding hydrogens is 422 g/mol. The average Bonchev–Trinajstić information content (AvgIpc) is 3.24. The summed E-state index contributed by atoms with van der Waals surface area (Å²) in [5, 5.41) is 7.27. The number of hydrogen-bond donors (Lipinski definition) is 1. The molecule has 1 saturated heterocycles. The Labute approximate surface area is 176 Å². The summed E-state index contributed by atoms with van der Waals surface area (Å²) >= 11 is 0. The zero-order chi connectivity index (χ0) is 21.4. The summed E-state index contributed by atoms with van der Waals surface area (Å²) in [6.45, 7) is 0.777. The van der Waals surface area contributed by atoms with Crippen LogP contribution in [-0.4, -0.2) is 50.7 Å². The van der Waals surface area contributed by atoms with E-state index in [1.54, 1.807) is 6.20 Å². The topological polar surface area (TPSA) is 100 Å². The first-order chi connectivity index (χ1) is 14.3. The van der Waals surface area contributed by atoms with Gasteiger partial charge in [-0.15, -0.1) is 0 Å². The van der Waals surface area contributed by atoms with Crippen LogP contribution < -0.4 is 0 Å². The van der Waals surface area contributed by atoms with E-state index in [2.05, 4.69) is 10.2 Å². The molecule has 30 heavy (non-hydrogen) atoms. The molecule has 0 amide bonds. The minimum Gasteiger partial charge on any atom is -0.282 e. The van der Waals surface area contributed by atoms with E-state index in [1.165, 1.54) is 28.6 Å². The first kappa shape index (κ1) is 20.8. The van der Waals surface area contributed by atoms with Crippen molar-refractivity contribution in [3.8, 4) is 11.1 Å². The molecule has 158 valence electrons. The van der Waals surface area contributed by atoms with E-state index in [1.807, 2.05) is 30.3 Å². The Morgan fingerprint density at radius 1 is 0.967 bits per heavy atom. The lowest BCUT2D eigenvalue weighted by Crippen LogP contribution is -2.39. The van der Waals surface area contributed by atoms with E-state index in [0.29, 0.717) is 13.1 Å². The SMILES string of the molecule is CS(=O)(=O)c1ccc(S(=O)(=O)N2CCC[C@H](c3[nH]ncc3-c3ccccc3)C2)cc1. The number of sulfonamides is 1. The highest BCUT2D eigenvalue weighted by molar-refractivity contribution is 7.90. The van der Waals surface area contributed by atoms with E-state index < -0.39 is 19.9 Å². The predicted molar refractivity (Wildman–Crippen MR) is 114 cm³/mol. The average molecular weight is 446 g/mol. The fraction of sp³-hybridized carbons (Fsp3) is 0.286. The van der Waals surface area contributed by atoms with Crippen molar-refractivity contribution in [3.05, 3.63) is 66.5 Å². The number of rotatable bonds is 5. The molecule has 0 unspecified atom stereocenters. The number of hydrogen-bond acceptors (Lipinski definition) is 5. The Morgan fingerprint density at radius 3 is 2.30 bits per heavy atom. The van der Waals surface area contributed by atoms with Gasteiger partial charge in [-0.1, -0.05) is 30.3 Å². The molecule has 7 nitrogen and oxygen atoms in total. The van der Waals surface area contributed by atoms with Crippen molar-refractivity contribution in [1.82, 2.24) is 14.5 Å². The van der Waals surface area contributed by atoms with Gasteiger partial charge in [-0.05, 0) is 42.7 Å². The summed E-state index contributed by atoms with van der Waals surface area (Å²) in [7, 11) is -7.10. The van der Waals surface area contributed by atoms with Crippen LogP contribution in [0.5, 0.6) is 0 Å². The summed E-state index contributed by atoms with van der Waals surface area (Å²) in [6.07, 6.45) is 4.47. The standard InChI is InChI=1S/C21H23N3O4S2/c1-29(25,26)18-9-11-19(12-10-18)30(27,28)24-13-5-8-17(15-24)21-20(14-22-23-21)16-6-3-2-4-7-16/h2-4,6-7,9-12,14,17H,5,8,13,15H2,1H3,(H,22,23)/t17-/m0/s1. The summed E-state index contributed by atoms with van der Waals surface area (Å²) in [5.41, 5.74) is 2.96. The van der Waals surface area contributed by atoms with Crippen LogP contribution in [0, 0.1) is 0 Å². The summed E-state index contributed by atoms with van der Waals surface area (Å²) < 4.78 is 51.1. The second-order valence-corrected chi connectivity index (χ2v) is 11.5. The minimum atomic E-state index is -3.72. The minimum absolute atomic E-state index is 0.00141. The van der Waals surface area contributed by atoms with Crippen molar-refractivity contribution in [2.24, 2.45) is 0 Å². The highest BCUT2D eigenvalue weighted by Gasteiger charge is 2.32. The van der Waals surface area contributed by atoms with Crippen molar-refractivity contribution in [1.29, 1.82) is 0 Å².